The van der Waals surface area contributed by atoms with Crippen molar-refractivity contribution in [2.45, 2.75) is 70.5 Å². The predicted molar refractivity (Wildman–Crippen MR) is 163 cm³/mol. The summed E-state index contributed by atoms with van der Waals surface area (Å²) in [5, 5.41) is 3.48. The number of hydrogen-bond acceptors (Lipinski definition) is 4. The molecule has 0 aliphatic carbocycles. The van der Waals surface area contributed by atoms with E-state index in [1.54, 1.807) is 33.9 Å². The van der Waals surface area contributed by atoms with Gasteiger partial charge in [0.2, 0.25) is 22.8 Å². The number of rotatable bonds is 8. The first-order chi connectivity index (χ1) is 20.0. The number of nitrogens with zero attached hydrogens (tertiary/aromatic N) is 2. The highest BCUT2D eigenvalue weighted by Gasteiger charge is 2.41. The van der Waals surface area contributed by atoms with Gasteiger partial charge in [0.15, 0.2) is 0 Å². The predicted octanol–water partition coefficient (Wildman–Crippen LogP) is 5.00. The number of benzene rings is 2. The molecule has 2 aliphatic heterocycles. The van der Waals surface area contributed by atoms with Crippen molar-refractivity contribution >= 4 is 40.1 Å². The lowest BCUT2D eigenvalue weighted by Gasteiger charge is -2.39. The average molecular weight is 642 g/mol. The van der Waals surface area contributed by atoms with Gasteiger partial charge < -0.3 is 15.1 Å². The van der Waals surface area contributed by atoms with Crippen LogP contribution in [0.4, 0.5) is 18.9 Å². The quantitative estimate of drug-likeness (QED) is 0.425. The molecule has 236 valence electrons. The van der Waals surface area contributed by atoms with Crippen LogP contribution in [0.3, 0.4) is 0 Å². The van der Waals surface area contributed by atoms with E-state index in [0.29, 0.717) is 48.9 Å². The van der Waals surface area contributed by atoms with E-state index in [0.717, 1.165) is 11.6 Å². The Morgan fingerprint density at radius 3 is 2.26 bits per heavy atom. The van der Waals surface area contributed by atoms with Gasteiger partial charge in [-0.3, -0.25) is 14.3 Å². The van der Waals surface area contributed by atoms with Crippen LogP contribution in [0.5, 0.6) is 0 Å². The monoisotopic (exact) mass is 641 g/mol. The molecule has 2 heterocycles. The summed E-state index contributed by atoms with van der Waals surface area (Å²) in [6.07, 6.45) is -3.88. The van der Waals surface area contributed by atoms with Crippen LogP contribution in [0, 0.1) is 11.8 Å². The van der Waals surface area contributed by atoms with Gasteiger partial charge in [0.1, 0.15) is 6.04 Å². The van der Waals surface area contributed by atoms with Crippen molar-refractivity contribution in [1.29, 1.82) is 0 Å². The summed E-state index contributed by atoms with van der Waals surface area (Å²) in [6.45, 7) is 11.1. The molecule has 2 fully saturated rings. The molecule has 7 nitrogen and oxygen atoms in total. The third-order valence-corrected chi connectivity index (χ3v) is 10.0. The lowest BCUT2D eigenvalue weighted by Crippen LogP contribution is -2.88. The van der Waals surface area contributed by atoms with Gasteiger partial charge in [-0.15, -0.1) is 0 Å². The molecule has 2 saturated heterocycles. The van der Waals surface area contributed by atoms with Crippen LogP contribution in [0.25, 0.3) is 0 Å². The van der Waals surface area contributed by atoms with Gasteiger partial charge in [-0.2, -0.15) is 17.4 Å². The normalized spacial score (nSPS) is 21.2. The third-order valence-electron chi connectivity index (χ3n) is 7.97. The van der Waals surface area contributed by atoms with E-state index in [4.69, 9.17) is 11.6 Å². The summed E-state index contributed by atoms with van der Waals surface area (Å²) in [4.78, 5) is 29.7. The number of nitrogens with two attached hydrogens (primary N) is 1. The molecule has 4 rings (SSSR count). The van der Waals surface area contributed by atoms with Gasteiger partial charge in [0.25, 0.3) is 0 Å². The Hall–Kier alpha value is -2.63. The van der Waals surface area contributed by atoms with Crippen LogP contribution >= 0.6 is 11.6 Å². The number of halogens is 4. The van der Waals surface area contributed by atoms with E-state index in [2.05, 4.69) is 5.32 Å². The first kappa shape index (κ1) is 33.3. The lowest BCUT2D eigenvalue weighted by atomic mass is 9.92. The minimum atomic E-state index is -4.52. The number of anilines is 1. The largest absolute Gasteiger partial charge is 0.416 e. The second-order valence-electron chi connectivity index (χ2n) is 12.8. The molecular formula is C31H41ClF3N4O3S+. The molecule has 0 saturated carbocycles. The molecule has 43 heavy (non-hydrogen) atoms. The standard InChI is InChI=1S/C31H40ClF3N4O3S/c1-19(2)16-25(37-43(42)30(3,4)5)23-17-21(31(33,34)35)8-11-26(23)38-12-14-39(15-13-38)29(41)24-18-27(40)36-28(24)20-6-9-22(32)10-7-20/h6-11,17,19,24-25,28,37H,12-16,18H2,1-5H3,(H,36,40)/p+1. The number of hydrogen-bond donors (Lipinski definition) is 2. The van der Waals surface area contributed by atoms with Gasteiger partial charge in [-0.1, -0.05) is 37.6 Å². The van der Waals surface area contributed by atoms with E-state index in [1.807, 2.05) is 39.5 Å². The number of amides is 2. The summed E-state index contributed by atoms with van der Waals surface area (Å²) in [5.74, 6) is -0.714. The zero-order chi connectivity index (χ0) is 31.7. The van der Waals surface area contributed by atoms with Gasteiger partial charge in [0.05, 0.1) is 22.3 Å². The van der Waals surface area contributed by atoms with Gasteiger partial charge in [-0.05, 0) is 62.6 Å². The van der Waals surface area contributed by atoms with Crippen molar-refractivity contribution in [3.63, 3.8) is 0 Å². The minimum Gasteiger partial charge on any atom is -0.368 e. The van der Waals surface area contributed by atoms with Gasteiger partial charge in [-0.25, -0.2) is 0 Å². The van der Waals surface area contributed by atoms with Gasteiger partial charge in [0, 0.05) is 55.3 Å². The number of nitrogens with one attached hydrogen (secondary N) is 1. The topological polar surface area (TPSA) is 86.3 Å². The van der Waals surface area contributed by atoms with Crippen LogP contribution in [0.2, 0.25) is 5.02 Å². The van der Waals surface area contributed by atoms with Crippen molar-refractivity contribution in [2.75, 3.05) is 31.1 Å². The molecule has 12 heteroatoms. The van der Waals surface area contributed by atoms with Crippen LogP contribution < -0.4 is 14.9 Å². The van der Waals surface area contributed by atoms with Crippen molar-refractivity contribution in [3.05, 3.63) is 64.2 Å². The molecule has 2 aliphatic rings. The first-order valence-electron chi connectivity index (χ1n) is 14.6. The number of alkyl halides is 3. The van der Waals surface area contributed by atoms with Crippen molar-refractivity contribution in [3.8, 4) is 0 Å². The molecule has 2 aromatic carbocycles. The molecule has 0 spiro atoms. The SMILES string of the molecule is CC(C)CC([NH2+]S(=O)C(C)(C)C)c1cc(C(F)(F)F)ccc1N1CCN(C(=O)C2CC(=O)NC2c2ccc(Cl)cc2)CC1. The van der Waals surface area contributed by atoms with Crippen LogP contribution in [0.1, 0.15) is 76.2 Å². The first-order valence-corrected chi connectivity index (χ1v) is 16.2. The molecule has 4 atom stereocenters. The van der Waals surface area contributed by atoms with Crippen molar-refractivity contribution in [2.24, 2.45) is 11.8 Å². The molecule has 4 unspecified atom stereocenters. The summed E-state index contributed by atoms with van der Waals surface area (Å²) in [6, 6.07) is 9.96. The summed E-state index contributed by atoms with van der Waals surface area (Å²) in [5.41, 5.74) is 1.22. The molecule has 2 amide bonds. The fourth-order valence-corrected chi connectivity index (χ4v) is 6.79. The van der Waals surface area contributed by atoms with Crippen molar-refractivity contribution in [1.82, 2.24) is 10.2 Å². The summed E-state index contributed by atoms with van der Waals surface area (Å²) >= 11 is 6.02. The van der Waals surface area contributed by atoms with E-state index < -0.39 is 45.5 Å². The maximum Gasteiger partial charge on any atom is 0.416 e. The smallest absolute Gasteiger partial charge is 0.368 e. The summed E-state index contributed by atoms with van der Waals surface area (Å²) < 4.78 is 55.8. The Kier molecular flexibility index (Phi) is 10.2. The fourth-order valence-electron chi connectivity index (χ4n) is 5.70. The fraction of sp³-hybridized carbons (Fsp3) is 0.548. The average Bonchev–Trinajstić information content (AvgIpc) is 3.32. The highest BCUT2D eigenvalue weighted by molar-refractivity contribution is 7.79. The highest BCUT2D eigenvalue weighted by atomic mass is 35.5. The van der Waals surface area contributed by atoms with E-state index in [1.165, 1.54) is 12.1 Å². The molecule has 3 N–H and O–H groups in total. The number of piperazine rings is 1. The van der Waals surface area contributed by atoms with Crippen LogP contribution in [-0.2, 0) is 26.8 Å². The Morgan fingerprint density at radius 2 is 1.70 bits per heavy atom. The van der Waals surface area contributed by atoms with Crippen LogP contribution in [0.15, 0.2) is 42.5 Å². The molecule has 0 radical (unpaired) electrons. The maximum absolute atomic E-state index is 13.8. The second kappa shape index (κ2) is 13.2. The van der Waals surface area contributed by atoms with Crippen molar-refractivity contribution < 1.29 is 31.7 Å². The zero-order valence-electron chi connectivity index (χ0n) is 25.2. The second-order valence-corrected chi connectivity index (χ2v) is 15.3. The van der Waals surface area contributed by atoms with E-state index in [-0.39, 0.29) is 24.2 Å². The Balaban J connectivity index is 1.57. The molecule has 0 bridgehead atoms. The van der Waals surface area contributed by atoms with E-state index >= 15 is 0 Å². The Morgan fingerprint density at radius 1 is 1.07 bits per heavy atom. The van der Waals surface area contributed by atoms with Crippen LogP contribution in [-0.4, -0.2) is 51.8 Å². The number of quaternary nitrogens is 1. The lowest BCUT2D eigenvalue weighted by molar-refractivity contribution is -0.544. The van der Waals surface area contributed by atoms with E-state index in [9.17, 15) is 27.0 Å². The minimum absolute atomic E-state index is 0.0903. The number of carbonyl (C=O) groups excluding carboxylic acids is 2. The molecule has 2 aromatic rings. The van der Waals surface area contributed by atoms with Gasteiger partial charge >= 0.3 is 6.18 Å². The number of carbonyl (C=O) groups is 2. The molecule has 0 aromatic heterocycles. The summed E-state index contributed by atoms with van der Waals surface area (Å²) in [7, 11) is -1.38. The molecular weight excluding hydrogens is 601 g/mol. The third kappa shape index (κ3) is 8.10. The Bertz CT molecular complexity index is 1340. The zero-order valence-corrected chi connectivity index (χ0v) is 26.8. The maximum atomic E-state index is 13.8. The highest BCUT2D eigenvalue weighted by Crippen LogP contribution is 2.37. The Labute approximate surface area is 259 Å².